The lowest BCUT2D eigenvalue weighted by molar-refractivity contribution is -0.136. The van der Waals surface area contributed by atoms with Crippen molar-refractivity contribution in [2.75, 3.05) is 19.7 Å². The summed E-state index contributed by atoms with van der Waals surface area (Å²) in [7, 11) is 0. The van der Waals surface area contributed by atoms with Crippen molar-refractivity contribution in [3.8, 4) is 5.75 Å². The van der Waals surface area contributed by atoms with Crippen LogP contribution in [-0.4, -0.2) is 36.5 Å². The summed E-state index contributed by atoms with van der Waals surface area (Å²) in [5.41, 5.74) is 6.97. The Morgan fingerprint density at radius 1 is 1.50 bits per heavy atom. The molecule has 0 aromatic heterocycles. The lowest BCUT2D eigenvalue weighted by atomic mass is 9.80. The van der Waals surface area contributed by atoms with Crippen molar-refractivity contribution >= 4 is 29.9 Å². The predicted molar refractivity (Wildman–Crippen MR) is 91.9 cm³/mol. The van der Waals surface area contributed by atoms with Crippen molar-refractivity contribution in [1.29, 1.82) is 0 Å². The fourth-order valence-corrected chi connectivity index (χ4v) is 2.82. The average molecular weight is 347 g/mol. The highest BCUT2D eigenvalue weighted by Crippen LogP contribution is 2.28. The van der Waals surface area contributed by atoms with Gasteiger partial charge >= 0.3 is 0 Å². The van der Waals surface area contributed by atoms with Crippen molar-refractivity contribution in [1.82, 2.24) is 4.90 Å². The van der Waals surface area contributed by atoms with E-state index in [-0.39, 0.29) is 36.4 Å². The molecule has 0 bridgehead atoms. The van der Waals surface area contributed by atoms with Gasteiger partial charge in [0.1, 0.15) is 5.75 Å². The van der Waals surface area contributed by atoms with Gasteiger partial charge in [-0.05, 0) is 42.5 Å². The van der Waals surface area contributed by atoms with Crippen LogP contribution in [0.25, 0.3) is 0 Å². The predicted octanol–water partition coefficient (Wildman–Crippen LogP) is 3.03. The fourth-order valence-electron chi connectivity index (χ4n) is 2.59. The van der Waals surface area contributed by atoms with Crippen molar-refractivity contribution in [2.24, 2.45) is 11.1 Å². The number of likely N-dealkylation sites (tertiary alicyclic amines) is 1. The van der Waals surface area contributed by atoms with Gasteiger partial charge in [-0.25, -0.2) is 0 Å². The van der Waals surface area contributed by atoms with E-state index in [4.69, 9.17) is 22.1 Å². The Bertz CT molecular complexity index is 535. The molecule has 0 aliphatic carbocycles. The minimum Gasteiger partial charge on any atom is -0.483 e. The average Bonchev–Trinajstić information content (AvgIpc) is 2.40. The molecule has 0 spiro atoms. The van der Waals surface area contributed by atoms with Crippen LogP contribution in [0.1, 0.15) is 25.8 Å². The third kappa shape index (κ3) is 4.51. The molecule has 1 aromatic carbocycles. The van der Waals surface area contributed by atoms with Crippen LogP contribution in [0.15, 0.2) is 18.2 Å². The molecular formula is C16H24Cl2N2O2. The standard InChI is InChI=1S/C16H23ClN2O2.ClH/c1-11-8-12(17)4-5-13(11)21-9-15(20)19-7-6-14(18)16(2,3)10-19;/h4-5,8,14H,6-7,9-10,18H2,1-3H3;1H. The van der Waals surface area contributed by atoms with Gasteiger partial charge in [-0.3, -0.25) is 4.79 Å². The smallest absolute Gasteiger partial charge is 0.260 e. The number of hydrogen-bond acceptors (Lipinski definition) is 3. The van der Waals surface area contributed by atoms with E-state index in [1.165, 1.54) is 0 Å². The molecule has 1 aromatic rings. The quantitative estimate of drug-likeness (QED) is 0.914. The maximum Gasteiger partial charge on any atom is 0.260 e. The van der Waals surface area contributed by atoms with Crippen LogP contribution in [0, 0.1) is 12.3 Å². The second kappa shape index (κ2) is 7.53. The molecule has 1 heterocycles. The first-order valence-corrected chi connectivity index (χ1v) is 7.60. The van der Waals surface area contributed by atoms with E-state index < -0.39 is 0 Å². The maximum atomic E-state index is 12.3. The lowest BCUT2D eigenvalue weighted by Crippen LogP contribution is -2.54. The SMILES string of the molecule is Cc1cc(Cl)ccc1OCC(=O)N1CCC(N)C(C)(C)C1.Cl. The van der Waals surface area contributed by atoms with Crippen LogP contribution in [0.4, 0.5) is 0 Å². The number of ether oxygens (including phenoxy) is 1. The van der Waals surface area contributed by atoms with Crippen LogP contribution >= 0.6 is 24.0 Å². The van der Waals surface area contributed by atoms with Crippen LogP contribution < -0.4 is 10.5 Å². The molecule has 1 fully saturated rings. The zero-order valence-electron chi connectivity index (χ0n) is 13.3. The van der Waals surface area contributed by atoms with Gasteiger partial charge in [0.05, 0.1) is 0 Å². The molecule has 2 rings (SSSR count). The van der Waals surface area contributed by atoms with E-state index in [0.29, 0.717) is 23.9 Å². The van der Waals surface area contributed by atoms with Gasteiger partial charge in [0.2, 0.25) is 0 Å². The van der Waals surface area contributed by atoms with Crippen molar-refractivity contribution < 1.29 is 9.53 Å². The molecule has 0 radical (unpaired) electrons. The van der Waals surface area contributed by atoms with Crippen molar-refractivity contribution in [2.45, 2.75) is 33.2 Å². The summed E-state index contributed by atoms with van der Waals surface area (Å²) >= 11 is 5.90. The number of hydrogen-bond donors (Lipinski definition) is 1. The number of carbonyl (C=O) groups excluding carboxylic acids is 1. The molecule has 6 heteroatoms. The van der Waals surface area contributed by atoms with Crippen molar-refractivity contribution in [3.05, 3.63) is 28.8 Å². The Morgan fingerprint density at radius 3 is 2.77 bits per heavy atom. The molecule has 1 saturated heterocycles. The fraction of sp³-hybridized carbons (Fsp3) is 0.562. The molecule has 1 unspecified atom stereocenters. The zero-order valence-corrected chi connectivity index (χ0v) is 14.8. The van der Waals surface area contributed by atoms with Gasteiger partial charge in [0.15, 0.2) is 6.61 Å². The van der Waals surface area contributed by atoms with Gasteiger partial charge in [0, 0.05) is 24.2 Å². The first-order valence-electron chi connectivity index (χ1n) is 7.22. The summed E-state index contributed by atoms with van der Waals surface area (Å²) in [6.07, 6.45) is 0.832. The van der Waals surface area contributed by atoms with E-state index in [9.17, 15) is 4.79 Å². The summed E-state index contributed by atoms with van der Waals surface area (Å²) in [6, 6.07) is 5.52. The first-order chi connectivity index (χ1) is 9.79. The monoisotopic (exact) mass is 346 g/mol. The van der Waals surface area contributed by atoms with Gasteiger partial charge in [-0.15, -0.1) is 12.4 Å². The minimum absolute atomic E-state index is 0. The number of benzene rings is 1. The number of halogens is 2. The highest BCUT2D eigenvalue weighted by molar-refractivity contribution is 6.30. The van der Waals surface area contributed by atoms with E-state index in [2.05, 4.69) is 13.8 Å². The Morgan fingerprint density at radius 2 is 2.18 bits per heavy atom. The molecule has 0 saturated carbocycles. The van der Waals surface area contributed by atoms with Crippen LogP contribution in [0.2, 0.25) is 5.02 Å². The second-order valence-corrected chi connectivity index (χ2v) is 6.83. The number of amides is 1. The third-order valence-corrected chi connectivity index (χ3v) is 4.39. The second-order valence-electron chi connectivity index (χ2n) is 6.40. The molecule has 2 N–H and O–H groups in total. The molecule has 4 nitrogen and oxygen atoms in total. The number of nitrogens with zero attached hydrogens (tertiary/aromatic N) is 1. The van der Waals surface area contributed by atoms with Gasteiger partial charge in [-0.1, -0.05) is 25.4 Å². The Kier molecular flexibility index (Phi) is 6.53. The summed E-state index contributed by atoms with van der Waals surface area (Å²) in [4.78, 5) is 14.1. The van der Waals surface area contributed by atoms with E-state index in [0.717, 1.165) is 12.0 Å². The number of aryl methyl sites for hydroxylation is 1. The minimum atomic E-state index is -0.0515. The maximum absolute atomic E-state index is 12.3. The van der Waals surface area contributed by atoms with Crippen molar-refractivity contribution in [3.63, 3.8) is 0 Å². The highest BCUT2D eigenvalue weighted by atomic mass is 35.5. The largest absolute Gasteiger partial charge is 0.483 e. The molecule has 124 valence electrons. The third-order valence-electron chi connectivity index (χ3n) is 4.15. The molecule has 1 aliphatic heterocycles. The van der Waals surface area contributed by atoms with Crippen LogP contribution in [0.3, 0.4) is 0 Å². The Labute approximate surface area is 143 Å². The molecule has 22 heavy (non-hydrogen) atoms. The lowest BCUT2D eigenvalue weighted by Gasteiger charge is -2.42. The van der Waals surface area contributed by atoms with Crippen LogP contribution in [0.5, 0.6) is 5.75 Å². The molecule has 1 aliphatic rings. The van der Waals surface area contributed by atoms with Gasteiger partial charge < -0.3 is 15.4 Å². The van der Waals surface area contributed by atoms with E-state index in [1.807, 2.05) is 17.9 Å². The Hall–Kier alpha value is -0.970. The normalized spacial score (nSPS) is 20.2. The molecule has 1 amide bonds. The Balaban J connectivity index is 0.00000242. The molecular weight excluding hydrogens is 323 g/mol. The first kappa shape index (κ1) is 19.1. The van der Waals surface area contributed by atoms with Crippen LogP contribution in [-0.2, 0) is 4.79 Å². The summed E-state index contributed by atoms with van der Waals surface area (Å²) in [6.45, 7) is 7.54. The summed E-state index contributed by atoms with van der Waals surface area (Å²) in [5, 5.41) is 0.665. The molecule has 1 atom stereocenters. The highest BCUT2D eigenvalue weighted by Gasteiger charge is 2.35. The number of nitrogens with two attached hydrogens (primary N) is 1. The van der Waals surface area contributed by atoms with E-state index in [1.54, 1.807) is 12.1 Å². The topological polar surface area (TPSA) is 55.6 Å². The summed E-state index contributed by atoms with van der Waals surface area (Å²) in [5.74, 6) is 0.699. The van der Waals surface area contributed by atoms with Gasteiger partial charge in [0.25, 0.3) is 5.91 Å². The zero-order chi connectivity index (χ0) is 15.6. The summed E-state index contributed by atoms with van der Waals surface area (Å²) < 4.78 is 5.62. The number of carbonyl (C=O) groups is 1. The van der Waals surface area contributed by atoms with Gasteiger partial charge in [-0.2, -0.15) is 0 Å². The number of piperidine rings is 1. The van der Waals surface area contributed by atoms with E-state index >= 15 is 0 Å². The number of rotatable bonds is 3.